The summed E-state index contributed by atoms with van der Waals surface area (Å²) in [5.74, 6) is -1.65. The molecule has 1 unspecified atom stereocenters. The molecule has 0 radical (unpaired) electrons. The summed E-state index contributed by atoms with van der Waals surface area (Å²) in [6.45, 7) is 0. The predicted molar refractivity (Wildman–Crippen MR) is 132 cm³/mol. The Balaban J connectivity index is 1.73. The van der Waals surface area contributed by atoms with E-state index in [1.54, 1.807) is 42.5 Å². The maximum atomic E-state index is 13.2. The third kappa shape index (κ3) is 7.53. The van der Waals surface area contributed by atoms with Gasteiger partial charge in [0.15, 0.2) is 0 Å². The van der Waals surface area contributed by atoms with Crippen LogP contribution < -0.4 is 10.6 Å². The summed E-state index contributed by atoms with van der Waals surface area (Å²) in [7, 11) is 0. The van der Waals surface area contributed by atoms with Crippen LogP contribution in [-0.4, -0.2) is 22.9 Å². The zero-order valence-corrected chi connectivity index (χ0v) is 19.6. The Bertz CT molecular complexity index is 1140. The van der Waals surface area contributed by atoms with E-state index in [9.17, 15) is 14.4 Å². The van der Waals surface area contributed by atoms with Crippen LogP contribution in [0, 0.1) is 0 Å². The number of carboxylic acid groups (broad SMARTS) is 1. The van der Waals surface area contributed by atoms with Gasteiger partial charge in [-0.15, -0.1) is 11.8 Å². The first-order chi connectivity index (χ1) is 15.8. The second-order valence-corrected chi connectivity index (χ2v) is 9.01. The minimum Gasteiger partial charge on any atom is -0.481 e. The van der Waals surface area contributed by atoms with E-state index in [4.69, 9.17) is 28.3 Å². The second kappa shape index (κ2) is 11.7. The molecular formula is C24H20Cl2N2O4S. The average Bonchev–Trinajstić information content (AvgIpc) is 2.79. The largest absolute Gasteiger partial charge is 0.481 e. The molecule has 0 spiro atoms. The number of hydrogen-bond donors (Lipinski definition) is 3. The number of carbonyl (C=O) groups is 3. The van der Waals surface area contributed by atoms with Crippen molar-refractivity contribution in [1.29, 1.82) is 0 Å². The molecule has 9 heteroatoms. The topological polar surface area (TPSA) is 95.5 Å². The van der Waals surface area contributed by atoms with Crippen LogP contribution in [0.1, 0.15) is 23.7 Å². The van der Waals surface area contributed by atoms with E-state index in [1.807, 2.05) is 30.3 Å². The van der Waals surface area contributed by atoms with Crippen LogP contribution in [0.15, 0.2) is 77.7 Å². The molecule has 0 saturated heterocycles. The Morgan fingerprint density at radius 1 is 0.879 bits per heavy atom. The molecular weight excluding hydrogens is 483 g/mol. The molecule has 0 bridgehead atoms. The van der Waals surface area contributed by atoms with Crippen molar-refractivity contribution in [2.45, 2.75) is 23.0 Å². The van der Waals surface area contributed by atoms with Gasteiger partial charge in [-0.25, -0.2) is 0 Å². The number of hydrogen-bond acceptors (Lipinski definition) is 4. The van der Waals surface area contributed by atoms with E-state index in [0.29, 0.717) is 21.4 Å². The molecule has 0 aliphatic rings. The number of thioether (sulfide) groups is 1. The minimum absolute atomic E-state index is 0.102. The van der Waals surface area contributed by atoms with Crippen molar-refractivity contribution in [3.63, 3.8) is 0 Å². The Morgan fingerprint density at radius 3 is 2.21 bits per heavy atom. The molecule has 0 heterocycles. The first kappa shape index (κ1) is 24.6. The zero-order chi connectivity index (χ0) is 23.8. The van der Waals surface area contributed by atoms with Crippen LogP contribution in [0.3, 0.4) is 0 Å². The van der Waals surface area contributed by atoms with Crippen molar-refractivity contribution in [2.75, 3.05) is 10.6 Å². The van der Waals surface area contributed by atoms with Gasteiger partial charge in [0.2, 0.25) is 11.8 Å². The van der Waals surface area contributed by atoms with Crippen molar-refractivity contribution in [1.82, 2.24) is 0 Å². The molecule has 0 aliphatic carbocycles. The summed E-state index contributed by atoms with van der Waals surface area (Å²) in [6, 6.07) is 21.2. The van der Waals surface area contributed by atoms with Crippen molar-refractivity contribution in [3.05, 3.63) is 88.4 Å². The fourth-order valence-corrected chi connectivity index (χ4v) is 4.37. The lowest BCUT2D eigenvalue weighted by Gasteiger charge is -2.18. The van der Waals surface area contributed by atoms with E-state index >= 15 is 0 Å². The minimum atomic E-state index is -1.03. The van der Waals surface area contributed by atoms with E-state index in [-0.39, 0.29) is 24.7 Å². The number of nitrogens with one attached hydrogen (secondary N) is 2. The highest BCUT2D eigenvalue weighted by molar-refractivity contribution is 8.00. The molecule has 6 nitrogen and oxygen atoms in total. The molecule has 2 amide bonds. The van der Waals surface area contributed by atoms with Crippen molar-refractivity contribution in [2.24, 2.45) is 0 Å². The fourth-order valence-electron chi connectivity index (χ4n) is 2.89. The van der Waals surface area contributed by atoms with E-state index in [0.717, 1.165) is 10.5 Å². The highest BCUT2D eigenvalue weighted by atomic mass is 35.5. The molecule has 33 heavy (non-hydrogen) atoms. The number of amides is 2. The fraction of sp³-hybridized carbons (Fsp3) is 0.125. The predicted octanol–water partition coefficient (Wildman–Crippen LogP) is 6.27. The molecule has 1 atom stereocenters. The van der Waals surface area contributed by atoms with Gasteiger partial charge in [0.1, 0.15) is 5.25 Å². The molecule has 0 fully saturated rings. The highest BCUT2D eigenvalue weighted by Crippen LogP contribution is 2.37. The van der Waals surface area contributed by atoms with Crippen LogP contribution in [0.25, 0.3) is 0 Å². The van der Waals surface area contributed by atoms with Gasteiger partial charge in [0.05, 0.1) is 17.1 Å². The number of benzene rings is 3. The lowest BCUT2D eigenvalue weighted by Crippen LogP contribution is -2.19. The van der Waals surface area contributed by atoms with Gasteiger partial charge in [-0.3, -0.25) is 14.4 Å². The molecule has 3 rings (SSSR count). The van der Waals surface area contributed by atoms with Gasteiger partial charge < -0.3 is 15.7 Å². The van der Waals surface area contributed by atoms with Crippen LogP contribution in [-0.2, 0) is 14.4 Å². The Labute approximate surface area is 205 Å². The van der Waals surface area contributed by atoms with Gasteiger partial charge in [-0.2, -0.15) is 0 Å². The van der Waals surface area contributed by atoms with Crippen molar-refractivity contribution in [3.8, 4) is 0 Å². The van der Waals surface area contributed by atoms with Gasteiger partial charge in [-0.1, -0.05) is 53.5 Å². The third-order valence-corrected chi connectivity index (χ3v) is 6.30. The van der Waals surface area contributed by atoms with Gasteiger partial charge in [0.25, 0.3) is 0 Å². The maximum Gasteiger partial charge on any atom is 0.303 e. The number of aliphatic carboxylic acids is 1. The Morgan fingerprint density at radius 2 is 1.58 bits per heavy atom. The lowest BCUT2D eigenvalue weighted by atomic mass is 10.1. The van der Waals surface area contributed by atoms with E-state index in [1.165, 1.54) is 11.8 Å². The molecule has 3 aromatic carbocycles. The molecule has 0 aromatic heterocycles. The van der Waals surface area contributed by atoms with Crippen LogP contribution in [0.5, 0.6) is 0 Å². The average molecular weight is 503 g/mol. The zero-order valence-electron chi connectivity index (χ0n) is 17.3. The van der Waals surface area contributed by atoms with Crippen molar-refractivity contribution >= 4 is 64.1 Å². The number of halogens is 2. The molecule has 0 aliphatic heterocycles. The van der Waals surface area contributed by atoms with Crippen LogP contribution >= 0.6 is 35.0 Å². The van der Waals surface area contributed by atoms with Crippen LogP contribution in [0.4, 0.5) is 11.4 Å². The standard InChI is InChI=1S/C24H20Cl2N2O4S/c25-16-6-11-20(19(26)14-16)28-24(32)23(15-4-2-1-3-5-15)33-18-9-7-17(8-10-18)27-21(29)12-13-22(30)31/h1-11,14,23H,12-13H2,(H,27,29)(H,28,32)(H,30,31). The van der Waals surface area contributed by atoms with Crippen molar-refractivity contribution < 1.29 is 19.5 Å². The molecule has 3 N–H and O–H groups in total. The quantitative estimate of drug-likeness (QED) is 0.299. The van der Waals surface area contributed by atoms with Crippen LogP contribution in [0.2, 0.25) is 10.0 Å². The first-order valence-electron chi connectivity index (χ1n) is 9.91. The summed E-state index contributed by atoms with van der Waals surface area (Å²) < 4.78 is 0. The number of carbonyl (C=O) groups excluding carboxylic acids is 2. The SMILES string of the molecule is O=C(O)CCC(=O)Nc1ccc(SC(C(=O)Nc2ccc(Cl)cc2Cl)c2ccccc2)cc1. The lowest BCUT2D eigenvalue weighted by molar-refractivity contribution is -0.138. The van der Waals surface area contributed by atoms with E-state index < -0.39 is 11.2 Å². The highest BCUT2D eigenvalue weighted by Gasteiger charge is 2.23. The summed E-state index contributed by atoms with van der Waals surface area (Å²) >= 11 is 13.5. The summed E-state index contributed by atoms with van der Waals surface area (Å²) in [4.78, 5) is 36.4. The summed E-state index contributed by atoms with van der Waals surface area (Å²) in [6.07, 6.45) is -0.333. The Hall–Kier alpha value is -3.00. The summed E-state index contributed by atoms with van der Waals surface area (Å²) in [5.41, 5.74) is 1.83. The monoisotopic (exact) mass is 502 g/mol. The maximum absolute atomic E-state index is 13.2. The van der Waals surface area contributed by atoms with E-state index in [2.05, 4.69) is 10.6 Å². The molecule has 0 saturated carbocycles. The normalized spacial score (nSPS) is 11.5. The molecule has 3 aromatic rings. The smallest absolute Gasteiger partial charge is 0.303 e. The number of carboxylic acids is 1. The van der Waals surface area contributed by atoms with Gasteiger partial charge >= 0.3 is 5.97 Å². The third-order valence-electron chi connectivity index (χ3n) is 4.49. The molecule has 170 valence electrons. The number of rotatable bonds is 9. The first-order valence-corrected chi connectivity index (χ1v) is 11.5. The number of anilines is 2. The summed E-state index contributed by atoms with van der Waals surface area (Å²) in [5, 5.41) is 14.5. The Kier molecular flexibility index (Phi) is 8.77. The van der Waals surface area contributed by atoms with Gasteiger partial charge in [0, 0.05) is 22.0 Å². The second-order valence-electron chi connectivity index (χ2n) is 6.99. The van der Waals surface area contributed by atoms with Gasteiger partial charge in [-0.05, 0) is 48.0 Å².